The van der Waals surface area contributed by atoms with Gasteiger partial charge in [-0.2, -0.15) is 10.2 Å². The van der Waals surface area contributed by atoms with E-state index in [4.69, 9.17) is 5.14 Å². The predicted octanol–water partition coefficient (Wildman–Crippen LogP) is -0.966. The minimum Gasteiger partial charge on any atom is -0.469 e. The fraction of sp³-hybridized carbons (Fsp3) is 0.471. The van der Waals surface area contributed by atoms with Gasteiger partial charge in [-0.15, -0.1) is 0 Å². The third-order valence-corrected chi connectivity index (χ3v) is 6.41. The Labute approximate surface area is 196 Å². The van der Waals surface area contributed by atoms with Gasteiger partial charge in [-0.25, -0.2) is 31.6 Å². The number of rotatable bonds is 7. The van der Waals surface area contributed by atoms with E-state index in [1.54, 1.807) is 0 Å². The lowest BCUT2D eigenvalue weighted by Crippen LogP contribution is -2.16. The summed E-state index contributed by atoms with van der Waals surface area (Å²) in [7, 11) is -1.39. The summed E-state index contributed by atoms with van der Waals surface area (Å²) in [4.78, 5) is 32.9. The predicted molar refractivity (Wildman–Crippen MR) is 116 cm³/mol. The average molecular weight is 526 g/mol. The molecular formula is C17H27N5O10S2. The van der Waals surface area contributed by atoms with Gasteiger partial charge in [-0.1, -0.05) is 7.43 Å². The maximum atomic E-state index is 12.0. The largest absolute Gasteiger partial charge is 0.469 e. The second kappa shape index (κ2) is 12.2. The highest BCUT2D eigenvalue weighted by Gasteiger charge is 2.27. The van der Waals surface area contributed by atoms with Crippen LogP contribution in [-0.4, -0.2) is 81.4 Å². The Kier molecular flexibility index (Phi) is 11.0. The smallest absolute Gasteiger partial charge is 0.359 e. The molecule has 0 aromatic carbocycles. The third-order valence-electron chi connectivity index (χ3n) is 3.79. The fourth-order valence-electron chi connectivity index (χ4n) is 2.28. The lowest BCUT2D eigenvalue weighted by atomic mass is 10.4. The fourth-order valence-corrected chi connectivity index (χ4v) is 4.36. The van der Waals surface area contributed by atoms with Gasteiger partial charge in [-0.3, -0.25) is 14.2 Å². The normalized spacial score (nSPS) is 10.9. The number of sulfonamides is 1. The van der Waals surface area contributed by atoms with E-state index in [2.05, 4.69) is 24.4 Å². The molecule has 0 saturated heterocycles. The van der Waals surface area contributed by atoms with Crippen molar-refractivity contribution in [1.29, 1.82) is 0 Å². The summed E-state index contributed by atoms with van der Waals surface area (Å²) in [6, 6.07) is 0. The second-order valence-corrected chi connectivity index (χ2v) is 9.81. The van der Waals surface area contributed by atoms with Crippen LogP contribution in [0.1, 0.15) is 34.8 Å². The number of carbonyl (C=O) groups excluding carboxylic acids is 3. The first-order valence-electron chi connectivity index (χ1n) is 8.74. The molecule has 2 rings (SSSR count). The summed E-state index contributed by atoms with van der Waals surface area (Å²) in [6.45, 7) is 0. The number of aromatic nitrogens is 4. The zero-order valence-electron chi connectivity index (χ0n) is 18.3. The van der Waals surface area contributed by atoms with E-state index in [1.807, 2.05) is 0 Å². The minimum atomic E-state index is -3.95. The van der Waals surface area contributed by atoms with E-state index in [-0.39, 0.29) is 35.0 Å². The summed E-state index contributed by atoms with van der Waals surface area (Å²) in [5.41, 5.74) is -0.604. The highest BCUT2D eigenvalue weighted by atomic mass is 32.2. The number of hydrogen-bond acceptors (Lipinski definition) is 12. The van der Waals surface area contributed by atoms with E-state index in [9.17, 15) is 31.2 Å². The Bertz CT molecular complexity index is 1250. The van der Waals surface area contributed by atoms with Gasteiger partial charge < -0.3 is 14.2 Å². The summed E-state index contributed by atoms with van der Waals surface area (Å²) in [6.07, 6.45) is 2.04. The number of methoxy groups -OCH3 is 3. The quantitative estimate of drug-likeness (QED) is 0.342. The van der Waals surface area contributed by atoms with Crippen LogP contribution in [0.2, 0.25) is 0 Å². The first kappa shape index (κ1) is 30.7. The van der Waals surface area contributed by atoms with Crippen molar-refractivity contribution in [3.8, 4) is 0 Å². The molecule has 15 nitrogen and oxygen atoms in total. The molecule has 34 heavy (non-hydrogen) atoms. The molecule has 17 heteroatoms. The number of aryl methyl sites for hydroxylation is 2. The maximum absolute atomic E-state index is 12.0. The first-order valence-corrected chi connectivity index (χ1v) is 11.9. The number of esters is 3. The number of hydrogen-bond donors (Lipinski definition) is 1. The Balaban J connectivity index is 0.000000649. The monoisotopic (exact) mass is 525 g/mol. The number of nitrogens with zero attached hydrogens (tertiary/aromatic N) is 4. The molecule has 2 heterocycles. The average Bonchev–Trinajstić information content (AvgIpc) is 3.34. The topological polar surface area (TPSA) is 209 Å². The zero-order valence-corrected chi connectivity index (χ0v) is 20.0. The van der Waals surface area contributed by atoms with Crippen LogP contribution in [-0.2, 0) is 53.0 Å². The molecule has 0 amide bonds. The molecule has 0 radical (unpaired) electrons. The van der Waals surface area contributed by atoms with Gasteiger partial charge in [-0.05, 0) is 0 Å². The van der Waals surface area contributed by atoms with Gasteiger partial charge in [0.15, 0.2) is 21.2 Å². The molecular weight excluding hydrogens is 498 g/mol. The Morgan fingerprint density at radius 1 is 0.853 bits per heavy atom. The van der Waals surface area contributed by atoms with Crippen LogP contribution in [0.25, 0.3) is 0 Å². The number of nitrogens with two attached hydrogens (primary N) is 1. The Morgan fingerprint density at radius 2 is 1.26 bits per heavy atom. The van der Waals surface area contributed by atoms with Gasteiger partial charge in [0, 0.05) is 26.5 Å². The molecule has 0 bridgehead atoms. The summed E-state index contributed by atoms with van der Waals surface area (Å²) < 4.78 is 61.6. The van der Waals surface area contributed by atoms with Crippen molar-refractivity contribution in [2.45, 2.75) is 23.6 Å². The summed E-state index contributed by atoms with van der Waals surface area (Å²) in [5.74, 6) is -2.80. The van der Waals surface area contributed by atoms with E-state index < -0.39 is 43.5 Å². The van der Waals surface area contributed by atoms with E-state index in [0.717, 1.165) is 20.4 Å². The van der Waals surface area contributed by atoms with Gasteiger partial charge in [0.25, 0.3) is 0 Å². The molecule has 2 aromatic rings. The Hall–Kier alpha value is -3.31. The van der Waals surface area contributed by atoms with Crippen molar-refractivity contribution in [3.63, 3.8) is 0 Å². The summed E-state index contributed by atoms with van der Waals surface area (Å²) in [5, 5.41) is 12.2. The van der Waals surface area contributed by atoms with E-state index in [0.29, 0.717) is 0 Å². The lowest BCUT2D eigenvalue weighted by molar-refractivity contribution is -0.140. The van der Waals surface area contributed by atoms with E-state index >= 15 is 0 Å². The molecule has 2 aromatic heterocycles. The molecule has 0 spiro atoms. The third kappa shape index (κ3) is 7.92. The highest BCUT2D eigenvalue weighted by Crippen LogP contribution is 2.17. The highest BCUT2D eigenvalue weighted by molar-refractivity contribution is 7.91. The van der Waals surface area contributed by atoms with Crippen molar-refractivity contribution in [3.05, 3.63) is 23.8 Å². The second-order valence-electron chi connectivity index (χ2n) is 6.20. The molecule has 2 N–H and O–H groups in total. The van der Waals surface area contributed by atoms with E-state index in [1.165, 1.54) is 36.8 Å². The molecule has 0 aliphatic rings. The zero-order chi connectivity index (χ0) is 25.6. The number of sulfone groups is 1. The van der Waals surface area contributed by atoms with Crippen LogP contribution in [0.4, 0.5) is 0 Å². The standard InChI is InChI=1S/C10H14N2O6S.C6H9N3O4S.CH4/c1-12-6-7(9(11-12)10(14)18-3)19(15,16)5-4-8(13)17-2;1-9-3-4(14(7,11)12)5(8-9)6(10)13-2;/h6H,4-5H2,1-3H3;3H,1-2H3,(H2,7,11,12);1H4. The molecule has 0 fully saturated rings. The summed E-state index contributed by atoms with van der Waals surface area (Å²) >= 11 is 0. The molecule has 0 saturated carbocycles. The first-order chi connectivity index (χ1) is 15.2. The molecule has 192 valence electrons. The minimum absolute atomic E-state index is 0. The number of primary sulfonamides is 1. The van der Waals surface area contributed by atoms with Gasteiger partial charge in [0.1, 0.15) is 9.79 Å². The van der Waals surface area contributed by atoms with Crippen molar-refractivity contribution in [2.75, 3.05) is 27.1 Å². The van der Waals surface area contributed by atoms with Gasteiger partial charge in [0.05, 0.1) is 33.5 Å². The Morgan fingerprint density at radius 3 is 1.65 bits per heavy atom. The molecule has 0 atom stereocenters. The number of carbonyl (C=O) groups is 3. The van der Waals surface area contributed by atoms with Crippen LogP contribution in [0.3, 0.4) is 0 Å². The SMILES string of the molecule is C.COC(=O)CCS(=O)(=O)c1cn(C)nc1C(=O)OC.COC(=O)c1nn(C)cc1S(N)(=O)=O. The molecule has 0 unspecified atom stereocenters. The van der Waals surface area contributed by atoms with Crippen molar-refractivity contribution >= 4 is 37.8 Å². The van der Waals surface area contributed by atoms with Crippen LogP contribution >= 0.6 is 0 Å². The van der Waals surface area contributed by atoms with Crippen LogP contribution in [0, 0.1) is 0 Å². The molecule has 0 aliphatic heterocycles. The van der Waals surface area contributed by atoms with Crippen molar-refractivity contribution in [2.24, 2.45) is 19.2 Å². The van der Waals surface area contributed by atoms with Crippen LogP contribution in [0.5, 0.6) is 0 Å². The van der Waals surface area contributed by atoms with Crippen LogP contribution in [0.15, 0.2) is 22.2 Å². The number of ether oxygens (including phenoxy) is 3. The van der Waals surface area contributed by atoms with Crippen molar-refractivity contribution in [1.82, 2.24) is 19.6 Å². The maximum Gasteiger partial charge on any atom is 0.359 e. The lowest BCUT2D eigenvalue weighted by Gasteiger charge is -2.03. The van der Waals surface area contributed by atoms with Crippen LogP contribution < -0.4 is 5.14 Å². The van der Waals surface area contributed by atoms with Crippen molar-refractivity contribution < 1.29 is 45.4 Å². The molecule has 0 aliphatic carbocycles. The van der Waals surface area contributed by atoms with Gasteiger partial charge >= 0.3 is 17.9 Å². The van der Waals surface area contributed by atoms with Gasteiger partial charge in [0.2, 0.25) is 10.0 Å².